The van der Waals surface area contributed by atoms with Crippen LogP contribution in [0, 0.1) is 0 Å². The molecule has 0 radical (unpaired) electrons. The first-order valence-corrected chi connectivity index (χ1v) is 11.7. The normalized spacial score (nSPS) is 14.1. The van der Waals surface area contributed by atoms with Crippen LogP contribution in [0.1, 0.15) is 83.1 Å². The zero-order chi connectivity index (χ0) is 20.6. The lowest BCUT2D eigenvalue weighted by atomic mass is 10.2. The van der Waals surface area contributed by atoms with Crippen LogP contribution in [0.2, 0.25) is 0 Å². The molecule has 1 rings (SSSR count). The highest BCUT2D eigenvalue weighted by Gasteiger charge is 2.39. The zero-order valence-corrected chi connectivity index (χ0v) is 20.5. The standard InChI is InChI=1S/C20H38N2O2P2/c1-17(2,3)25(18(4,5)6)23-15-13-16(22-14-21-15)24-26(19(7,8)9)20(10,11)12/h13-14H,1-12H3. The van der Waals surface area contributed by atoms with Crippen LogP contribution in [-0.2, 0) is 0 Å². The van der Waals surface area contributed by atoms with E-state index in [1.54, 1.807) is 6.33 Å². The summed E-state index contributed by atoms with van der Waals surface area (Å²) in [7, 11) is -1.47. The lowest BCUT2D eigenvalue weighted by molar-refractivity contribution is 0.492. The molecule has 0 aliphatic carbocycles. The van der Waals surface area contributed by atoms with Crippen LogP contribution in [0.15, 0.2) is 12.4 Å². The maximum absolute atomic E-state index is 6.38. The number of nitrogens with zero attached hydrogens (tertiary/aromatic N) is 2. The molecular weight excluding hydrogens is 362 g/mol. The minimum atomic E-state index is -0.737. The Morgan fingerprint density at radius 1 is 0.577 bits per heavy atom. The minimum Gasteiger partial charge on any atom is -0.456 e. The average Bonchev–Trinajstić information content (AvgIpc) is 2.37. The summed E-state index contributed by atoms with van der Waals surface area (Å²) >= 11 is 0. The van der Waals surface area contributed by atoms with Gasteiger partial charge < -0.3 is 9.05 Å². The van der Waals surface area contributed by atoms with E-state index < -0.39 is 16.3 Å². The largest absolute Gasteiger partial charge is 0.456 e. The van der Waals surface area contributed by atoms with Crippen LogP contribution in [0.25, 0.3) is 0 Å². The molecule has 4 nitrogen and oxygen atoms in total. The molecule has 0 atom stereocenters. The van der Waals surface area contributed by atoms with Crippen molar-refractivity contribution in [2.45, 2.75) is 104 Å². The Labute approximate surface area is 163 Å². The number of aromatic nitrogens is 2. The summed E-state index contributed by atoms with van der Waals surface area (Å²) in [6.45, 7) is 26.7. The van der Waals surface area contributed by atoms with Crippen molar-refractivity contribution >= 4 is 16.3 Å². The first kappa shape index (κ1) is 23.6. The van der Waals surface area contributed by atoms with Crippen molar-refractivity contribution in [3.8, 4) is 11.8 Å². The monoisotopic (exact) mass is 400 g/mol. The molecule has 0 saturated heterocycles. The lowest BCUT2D eigenvalue weighted by Gasteiger charge is -2.40. The van der Waals surface area contributed by atoms with Gasteiger partial charge in [0, 0.05) is 20.6 Å². The van der Waals surface area contributed by atoms with E-state index in [0.29, 0.717) is 11.8 Å². The van der Waals surface area contributed by atoms with E-state index in [0.717, 1.165) is 0 Å². The van der Waals surface area contributed by atoms with E-state index in [4.69, 9.17) is 9.05 Å². The third kappa shape index (κ3) is 6.93. The molecule has 150 valence electrons. The Hall–Kier alpha value is -0.460. The molecule has 0 unspecified atom stereocenters. The van der Waals surface area contributed by atoms with E-state index in [1.807, 2.05) is 6.07 Å². The van der Waals surface area contributed by atoms with Crippen molar-refractivity contribution in [2.24, 2.45) is 0 Å². The van der Waals surface area contributed by atoms with Crippen molar-refractivity contribution in [2.75, 3.05) is 0 Å². The topological polar surface area (TPSA) is 44.2 Å². The summed E-state index contributed by atoms with van der Waals surface area (Å²) in [5, 5.41) is 0.234. The average molecular weight is 400 g/mol. The van der Waals surface area contributed by atoms with Gasteiger partial charge in [0.1, 0.15) is 22.6 Å². The first-order chi connectivity index (χ1) is 11.4. The molecule has 1 aromatic rings. The van der Waals surface area contributed by atoms with Gasteiger partial charge >= 0.3 is 0 Å². The Balaban J connectivity index is 3.11. The number of rotatable bonds is 4. The van der Waals surface area contributed by atoms with Crippen LogP contribution in [-0.4, -0.2) is 30.6 Å². The predicted molar refractivity (Wildman–Crippen MR) is 116 cm³/mol. The number of hydrogen-bond acceptors (Lipinski definition) is 4. The van der Waals surface area contributed by atoms with Gasteiger partial charge in [0.25, 0.3) is 0 Å². The van der Waals surface area contributed by atoms with Crippen LogP contribution in [0.4, 0.5) is 0 Å². The van der Waals surface area contributed by atoms with E-state index in [-0.39, 0.29) is 20.6 Å². The molecule has 0 aromatic carbocycles. The second-order valence-corrected chi connectivity index (χ2v) is 17.6. The van der Waals surface area contributed by atoms with E-state index in [9.17, 15) is 0 Å². The Bertz CT molecular complexity index is 516. The molecule has 0 bridgehead atoms. The van der Waals surface area contributed by atoms with Gasteiger partial charge in [-0.1, -0.05) is 83.1 Å². The van der Waals surface area contributed by atoms with Gasteiger partial charge in [-0.2, -0.15) is 0 Å². The maximum Gasteiger partial charge on any atom is 0.222 e. The molecular formula is C20H38N2O2P2. The molecule has 0 amide bonds. The third-order valence-corrected chi connectivity index (χ3v) is 9.04. The Kier molecular flexibility index (Phi) is 7.15. The molecule has 1 heterocycles. The molecule has 0 saturated carbocycles. The first-order valence-electron chi connectivity index (χ1n) is 9.21. The van der Waals surface area contributed by atoms with Gasteiger partial charge in [0.05, 0.1) is 6.07 Å². The van der Waals surface area contributed by atoms with E-state index in [2.05, 4.69) is 93.1 Å². The van der Waals surface area contributed by atoms with Crippen LogP contribution >= 0.6 is 16.3 Å². The zero-order valence-electron chi connectivity index (χ0n) is 18.8. The van der Waals surface area contributed by atoms with Gasteiger partial charge in [0.2, 0.25) is 11.8 Å². The molecule has 0 aliphatic rings. The predicted octanol–water partition coefficient (Wildman–Crippen LogP) is 7.22. The van der Waals surface area contributed by atoms with Gasteiger partial charge in [-0.05, 0) is 0 Å². The van der Waals surface area contributed by atoms with Crippen molar-refractivity contribution in [1.82, 2.24) is 9.97 Å². The third-order valence-electron chi connectivity index (χ3n) is 3.42. The summed E-state index contributed by atoms with van der Waals surface area (Å²) in [6, 6.07) is 1.85. The van der Waals surface area contributed by atoms with Gasteiger partial charge in [-0.25, -0.2) is 9.97 Å². The molecule has 0 N–H and O–H groups in total. The van der Waals surface area contributed by atoms with Gasteiger partial charge in [-0.3, -0.25) is 0 Å². The van der Waals surface area contributed by atoms with E-state index >= 15 is 0 Å². The highest BCUT2D eigenvalue weighted by atomic mass is 31.1. The highest BCUT2D eigenvalue weighted by molar-refractivity contribution is 7.56. The smallest absolute Gasteiger partial charge is 0.222 e. The molecule has 1 aromatic heterocycles. The fraction of sp³-hybridized carbons (Fsp3) is 0.800. The summed E-state index contributed by atoms with van der Waals surface area (Å²) < 4.78 is 12.8. The minimum absolute atomic E-state index is 0.0585. The Morgan fingerprint density at radius 3 is 1.08 bits per heavy atom. The summed E-state index contributed by atoms with van der Waals surface area (Å²) in [4.78, 5) is 8.70. The van der Waals surface area contributed by atoms with Gasteiger partial charge in [-0.15, -0.1) is 0 Å². The van der Waals surface area contributed by atoms with Crippen LogP contribution in [0.3, 0.4) is 0 Å². The van der Waals surface area contributed by atoms with E-state index in [1.165, 1.54) is 0 Å². The second-order valence-electron chi connectivity index (χ2n) is 10.6. The molecule has 0 fully saturated rings. The van der Waals surface area contributed by atoms with Crippen LogP contribution < -0.4 is 9.05 Å². The second kappa shape index (κ2) is 7.88. The molecule has 0 aliphatic heterocycles. The molecule has 6 heteroatoms. The molecule has 26 heavy (non-hydrogen) atoms. The fourth-order valence-corrected chi connectivity index (χ4v) is 8.86. The maximum atomic E-state index is 6.38. The van der Waals surface area contributed by atoms with Gasteiger partial charge in [0.15, 0.2) is 0 Å². The fourth-order valence-electron chi connectivity index (χ4n) is 3.17. The Morgan fingerprint density at radius 2 is 0.846 bits per heavy atom. The summed E-state index contributed by atoms with van der Waals surface area (Å²) in [5.41, 5.74) is 0. The quantitative estimate of drug-likeness (QED) is 0.500. The molecule has 0 spiro atoms. The lowest BCUT2D eigenvalue weighted by Crippen LogP contribution is -2.28. The SMILES string of the molecule is CC(C)(C)P(Oc1cc(OP(C(C)(C)C)C(C)(C)C)ncn1)C(C)(C)C. The summed E-state index contributed by atoms with van der Waals surface area (Å²) in [6.07, 6.45) is 1.54. The summed E-state index contributed by atoms with van der Waals surface area (Å²) in [5.74, 6) is 1.20. The number of hydrogen-bond donors (Lipinski definition) is 0. The van der Waals surface area contributed by atoms with Crippen molar-refractivity contribution < 1.29 is 9.05 Å². The van der Waals surface area contributed by atoms with Crippen molar-refractivity contribution in [3.05, 3.63) is 12.4 Å². The van der Waals surface area contributed by atoms with Crippen molar-refractivity contribution in [3.63, 3.8) is 0 Å². The van der Waals surface area contributed by atoms with Crippen molar-refractivity contribution in [1.29, 1.82) is 0 Å². The highest BCUT2D eigenvalue weighted by Crippen LogP contribution is 2.61. The van der Waals surface area contributed by atoms with Crippen LogP contribution in [0.5, 0.6) is 11.8 Å².